The van der Waals surface area contributed by atoms with Gasteiger partial charge in [-0.3, -0.25) is 9.78 Å². The van der Waals surface area contributed by atoms with Gasteiger partial charge in [-0.1, -0.05) is 19.9 Å². The fraction of sp³-hybridized carbons (Fsp3) is 0.600. The van der Waals surface area contributed by atoms with Crippen molar-refractivity contribution in [3.8, 4) is 0 Å². The number of fused-ring (bicyclic) bond motifs is 1. The molecule has 0 aromatic carbocycles. The Kier molecular flexibility index (Phi) is 3.06. The number of carbonyl (C=O) groups excluding carboxylic acids is 1. The van der Waals surface area contributed by atoms with Crippen LogP contribution in [0.4, 0.5) is 0 Å². The molecule has 3 N–H and O–H groups in total. The second-order valence-corrected chi connectivity index (χ2v) is 6.28. The average Bonchev–Trinajstić information content (AvgIpc) is 2.93. The Morgan fingerprint density at radius 2 is 2.35 bits per heavy atom. The number of aromatic nitrogens is 1. The van der Waals surface area contributed by atoms with Crippen molar-refractivity contribution in [2.24, 2.45) is 17.1 Å². The number of rotatable bonds is 3. The van der Waals surface area contributed by atoms with Gasteiger partial charge in [0.05, 0.1) is 18.3 Å². The minimum atomic E-state index is -0.844. The number of ether oxygens (including phenoxy) is 1. The molecule has 1 aliphatic carbocycles. The molecule has 1 aromatic heterocycles. The minimum Gasteiger partial charge on any atom is -0.377 e. The van der Waals surface area contributed by atoms with Crippen LogP contribution in [-0.2, 0) is 16.1 Å². The lowest BCUT2D eigenvalue weighted by atomic mass is 9.48. The van der Waals surface area contributed by atoms with Gasteiger partial charge >= 0.3 is 0 Å². The van der Waals surface area contributed by atoms with E-state index in [0.717, 1.165) is 12.1 Å². The van der Waals surface area contributed by atoms with Gasteiger partial charge in [-0.05, 0) is 18.6 Å². The van der Waals surface area contributed by atoms with E-state index in [1.54, 1.807) is 6.20 Å². The fourth-order valence-electron chi connectivity index (χ4n) is 3.67. The Bertz CT molecular complexity index is 517. The van der Waals surface area contributed by atoms with E-state index in [0.29, 0.717) is 13.2 Å². The van der Waals surface area contributed by atoms with Crippen molar-refractivity contribution in [2.75, 3.05) is 6.61 Å². The first kappa shape index (κ1) is 13.5. The number of nitrogens with one attached hydrogen (secondary N) is 1. The molecule has 1 aliphatic heterocycles. The second-order valence-electron chi connectivity index (χ2n) is 6.28. The van der Waals surface area contributed by atoms with Gasteiger partial charge in [0, 0.05) is 24.1 Å². The molecule has 1 saturated heterocycles. The molecule has 0 radical (unpaired) electrons. The van der Waals surface area contributed by atoms with Crippen LogP contribution in [-0.4, -0.2) is 29.1 Å². The van der Waals surface area contributed by atoms with E-state index in [4.69, 9.17) is 10.5 Å². The van der Waals surface area contributed by atoms with Crippen LogP contribution in [0.5, 0.6) is 0 Å². The van der Waals surface area contributed by atoms with Crippen molar-refractivity contribution in [3.05, 3.63) is 30.1 Å². The van der Waals surface area contributed by atoms with Crippen molar-refractivity contribution in [1.29, 1.82) is 0 Å². The van der Waals surface area contributed by atoms with Gasteiger partial charge in [0.15, 0.2) is 0 Å². The Balaban J connectivity index is 1.70. The molecule has 3 atom stereocenters. The van der Waals surface area contributed by atoms with Crippen LogP contribution in [0.25, 0.3) is 0 Å². The number of hydrogen-bond donors (Lipinski definition) is 2. The lowest BCUT2D eigenvalue weighted by molar-refractivity contribution is -0.175. The van der Waals surface area contributed by atoms with Gasteiger partial charge < -0.3 is 15.8 Å². The SMILES string of the molecule is CC1(C)C2OCCC2C1(N)C(=O)NCc1ccccn1. The van der Waals surface area contributed by atoms with Crippen molar-refractivity contribution in [2.45, 2.75) is 38.5 Å². The van der Waals surface area contributed by atoms with Gasteiger partial charge in [0.25, 0.3) is 0 Å². The topological polar surface area (TPSA) is 77.2 Å². The van der Waals surface area contributed by atoms with Crippen LogP contribution in [0, 0.1) is 11.3 Å². The van der Waals surface area contributed by atoms with Crippen LogP contribution in [0.3, 0.4) is 0 Å². The molecule has 2 aliphatic rings. The summed E-state index contributed by atoms with van der Waals surface area (Å²) in [6, 6.07) is 5.64. The highest BCUT2D eigenvalue weighted by Crippen LogP contribution is 2.58. The molecule has 2 fully saturated rings. The molecule has 108 valence electrons. The van der Waals surface area contributed by atoms with Crippen molar-refractivity contribution in [3.63, 3.8) is 0 Å². The minimum absolute atomic E-state index is 0.0973. The second kappa shape index (κ2) is 4.53. The van der Waals surface area contributed by atoms with Crippen LogP contribution < -0.4 is 11.1 Å². The van der Waals surface area contributed by atoms with Gasteiger partial charge in [-0.15, -0.1) is 0 Å². The van der Waals surface area contributed by atoms with Crippen LogP contribution in [0.1, 0.15) is 26.0 Å². The van der Waals surface area contributed by atoms with E-state index >= 15 is 0 Å². The molecule has 0 spiro atoms. The van der Waals surface area contributed by atoms with Crippen LogP contribution in [0.15, 0.2) is 24.4 Å². The number of carbonyl (C=O) groups is 1. The maximum Gasteiger partial charge on any atom is 0.241 e. The average molecular weight is 275 g/mol. The molecule has 0 bridgehead atoms. The number of nitrogens with zero attached hydrogens (tertiary/aromatic N) is 1. The smallest absolute Gasteiger partial charge is 0.241 e. The molecular formula is C15H21N3O2. The zero-order chi connectivity index (χ0) is 14.4. The third-order valence-corrected chi connectivity index (χ3v) is 4.99. The highest BCUT2D eigenvalue weighted by atomic mass is 16.5. The molecule has 3 unspecified atom stereocenters. The van der Waals surface area contributed by atoms with Crippen molar-refractivity contribution < 1.29 is 9.53 Å². The van der Waals surface area contributed by atoms with E-state index in [-0.39, 0.29) is 23.3 Å². The quantitative estimate of drug-likeness (QED) is 0.857. The van der Waals surface area contributed by atoms with Crippen LogP contribution >= 0.6 is 0 Å². The van der Waals surface area contributed by atoms with E-state index in [1.165, 1.54) is 0 Å². The lowest BCUT2D eigenvalue weighted by Gasteiger charge is -2.60. The predicted octanol–water partition coefficient (Wildman–Crippen LogP) is 0.840. The summed E-state index contributed by atoms with van der Waals surface area (Å²) in [6.45, 7) is 5.14. The van der Waals surface area contributed by atoms with Crippen molar-refractivity contribution in [1.82, 2.24) is 10.3 Å². The van der Waals surface area contributed by atoms with Crippen molar-refractivity contribution >= 4 is 5.91 Å². The standard InChI is InChI=1S/C15H21N3O2/c1-14(2)12-11(6-8-20-12)15(14,16)13(19)18-9-10-5-3-4-7-17-10/h3-5,7,11-12H,6,8-9,16H2,1-2H3,(H,18,19). The summed E-state index contributed by atoms with van der Waals surface area (Å²) in [4.78, 5) is 16.8. The molecule has 1 amide bonds. The summed E-state index contributed by atoms with van der Waals surface area (Å²) in [5, 5.41) is 2.93. The van der Waals surface area contributed by atoms with Gasteiger partial charge in [0.2, 0.25) is 5.91 Å². The molecule has 1 saturated carbocycles. The molecule has 5 heteroatoms. The van der Waals surface area contributed by atoms with E-state index < -0.39 is 5.54 Å². The summed E-state index contributed by atoms with van der Waals surface area (Å²) in [6.07, 6.45) is 2.68. The first-order valence-corrected chi connectivity index (χ1v) is 7.06. The highest BCUT2D eigenvalue weighted by molar-refractivity contribution is 5.89. The lowest BCUT2D eigenvalue weighted by Crippen LogP contribution is -2.80. The summed E-state index contributed by atoms with van der Waals surface area (Å²) < 4.78 is 5.70. The Morgan fingerprint density at radius 3 is 3.05 bits per heavy atom. The summed E-state index contributed by atoms with van der Waals surface area (Å²) in [7, 11) is 0. The fourth-order valence-corrected chi connectivity index (χ4v) is 3.67. The normalized spacial score (nSPS) is 34.1. The highest BCUT2D eigenvalue weighted by Gasteiger charge is 2.71. The maximum absolute atomic E-state index is 12.6. The Labute approximate surface area is 118 Å². The molecule has 3 rings (SSSR count). The summed E-state index contributed by atoms with van der Waals surface area (Å²) in [5.74, 6) is 0.0288. The van der Waals surface area contributed by atoms with E-state index in [1.807, 2.05) is 32.0 Å². The largest absolute Gasteiger partial charge is 0.377 e. The Morgan fingerprint density at radius 1 is 1.55 bits per heavy atom. The van der Waals surface area contributed by atoms with E-state index in [2.05, 4.69) is 10.3 Å². The number of pyridine rings is 1. The summed E-state index contributed by atoms with van der Waals surface area (Å²) in [5.41, 5.74) is 6.12. The first-order chi connectivity index (χ1) is 9.48. The predicted molar refractivity (Wildman–Crippen MR) is 74.6 cm³/mol. The van der Waals surface area contributed by atoms with Crippen LogP contribution in [0.2, 0.25) is 0 Å². The van der Waals surface area contributed by atoms with Gasteiger partial charge in [-0.2, -0.15) is 0 Å². The summed E-state index contributed by atoms with van der Waals surface area (Å²) >= 11 is 0. The van der Waals surface area contributed by atoms with E-state index in [9.17, 15) is 4.79 Å². The third kappa shape index (κ3) is 1.70. The zero-order valence-corrected chi connectivity index (χ0v) is 11.9. The number of amides is 1. The monoisotopic (exact) mass is 275 g/mol. The third-order valence-electron chi connectivity index (χ3n) is 4.99. The molecular weight excluding hydrogens is 254 g/mol. The number of hydrogen-bond acceptors (Lipinski definition) is 4. The molecule has 5 nitrogen and oxygen atoms in total. The zero-order valence-electron chi connectivity index (χ0n) is 11.9. The van der Waals surface area contributed by atoms with Gasteiger partial charge in [0.1, 0.15) is 5.54 Å². The molecule has 20 heavy (non-hydrogen) atoms. The maximum atomic E-state index is 12.6. The van der Waals surface area contributed by atoms with Gasteiger partial charge in [-0.25, -0.2) is 0 Å². The number of nitrogens with two attached hydrogens (primary N) is 1. The first-order valence-electron chi connectivity index (χ1n) is 7.06. The molecule has 1 aromatic rings. The Hall–Kier alpha value is -1.46. The molecule has 2 heterocycles.